The first kappa shape index (κ1) is 26.6. The van der Waals surface area contributed by atoms with Gasteiger partial charge in [-0.15, -0.1) is 24.0 Å². The molecule has 2 aliphatic heterocycles. The second-order valence-electron chi connectivity index (χ2n) is 9.12. The van der Waals surface area contributed by atoms with Crippen LogP contribution in [0.2, 0.25) is 0 Å². The van der Waals surface area contributed by atoms with E-state index in [1.54, 1.807) is 0 Å². The van der Waals surface area contributed by atoms with Gasteiger partial charge in [-0.25, -0.2) is 0 Å². The molecular formula is C23H45IN6O. The minimum atomic E-state index is 0. The molecule has 0 aromatic rings. The molecular weight excluding hydrogens is 503 g/mol. The van der Waals surface area contributed by atoms with Crippen LogP contribution in [0.25, 0.3) is 0 Å². The molecule has 3 fully saturated rings. The van der Waals surface area contributed by atoms with Gasteiger partial charge in [0.05, 0.1) is 6.54 Å². The van der Waals surface area contributed by atoms with Gasteiger partial charge in [-0.05, 0) is 45.2 Å². The largest absolute Gasteiger partial charge is 0.357 e. The normalized spacial score (nSPS) is 23.1. The summed E-state index contributed by atoms with van der Waals surface area (Å²) in [6, 6.07) is 0. The third-order valence-corrected chi connectivity index (χ3v) is 7.15. The average molecular weight is 549 g/mol. The predicted molar refractivity (Wildman–Crippen MR) is 139 cm³/mol. The van der Waals surface area contributed by atoms with Gasteiger partial charge in [0.2, 0.25) is 5.91 Å². The Morgan fingerprint density at radius 1 is 1.00 bits per heavy atom. The average Bonchev–Trinajstić information content (AvgIpc) is 3.19. The molecule has 0 aromatic carbocycles. The van der Waals surface area contributed by atoms with Gasteiger partial charge in [0.1, 0.15) is 0 Å². The smallest absolute Gasteiger partial charge is 0.225 e. The Morgan fingerprint density at radius 3 is 2.29 bits per heavy atom. The third-order valence-electron chi connectivity index (χ3n) is 7.15. The van der Waals surface area contributed by atoms with Crippen LogP contribution >= 0.6 is 24.0 Å². The molecule has 1 aliphatic carbocycles. The summed E-state index contributed by atoms with van der Waals surface area (Å²) in [6.07, 6.45) is 4.70. The molecule has 1 saturated carbocycles. The Balaban J connectivity index is 0.00000341. The van der Waals surface area contributed by atoms with Crippen molar-refractivity contribution in [3.63, 3.8) is 0 Å². The van der Waals surface area contributed by atoms with Gasteiger partial charge in [-0.2, -0.15) is 0 Å². The topological polar surface area (TPSA) is 54.4 Å². The van der Waals surface area contributed by atoms with Crippen LogP contribution in [-0.2, 0) is 4.79 Å². The summed E-state index contributed by atoms with van der Waals surface area (Å²) in [5, 5.41) is 3.50. The maximum Gasteiger partial charge on any atom is 0.225 e. The number of hydrogen-bond donors (Lipinski definition) is 1. The number of piperazine rings is 1. The summed E-state index contributed by atoms with van der Waals surface area (Å²) in [5.74, 6) is 2.56. The van der Waals surface area contributed by atoms with Gasteiger partial charge in [0.25, 0.3) is 0 Å². The summed E-state index contributed by atoms with van der Waals surface area (Å²) in [4.78, 5) is 26.9. The molecule has 1 amide bonds. The summed E-state index contributed by atoms with van der Waals surface area (Å²) >= 11 is 0. The number of hydrogen-bond acceptors (Lipinski definition) is 4. The zero-order chi connectivity index (χ0) is 21.3. The lowest BCUT2D eigenvalue weighted by Gasteiger charge is -2.38. The summed E-state index contributed by atoms with van der Waals surface area (Å²) < 4.78 is 0. The van der Waals surface area contributed by atoms with Crippen molar-refractivity contribution in [2.45, 2.75) is 46.5 Å². The van der Waals surface area contributed by atoms with Crippen LogP contribution in [0.5, 0.6) is 0 Å². The van der Waals surface area contributed by atoms with Crippen molar-refractivity contribution in [1.82, 2.24) is 24.9 Å². The highest BCUT2D eigenvalue weighted by Crippen LogP contribution is 2.28. The van der Waals surface area contributed by atoms with E-state index in [1.807, 2.05) is 0 Å². The number of halogens is 1. The third kappa shape index (κ3) is 7.74. The maximum atomic E-state index is 12.4. The van der Waals surface area contributed by atoms with E-state index >= 15 is 0 Å². The summed E-state index contributed by atoms with van der Waals surface area (Å²) in [5.41, 5.74) is 0. The molecule has 3 aliphatic rings. The second-order valence-corrected chi connectivity index (χ2v) is 9.12. The first-order chi connectivity index (χ1) is 14.6. The van der Waals surface area contributed by atoms with Crippen molar-refractivity contribution in [3.05, 3.63) is 0 Å². The Labute approximate surface area is 207 Å². The lowest BCUT2D eigenvalue weighted by atomic mass is 9.84. The standard InChI is InChI=1S/C23H44N6O.HI/c1-4-24-23(29-12-10-20(19-29)18-26(5-2)6-3)25-11-13-27-14-16-28(17-15-27)22(30)21-8-7-9-21;/h20-21H,4-19H2,1-3H3,(H,24,25);1H. The summed E-state index contributed by atoms with van der Waals surface area (Å²) in [7, 11) is 0. The Morgan fingerprint density at radius 2 is 1.71 bits per heavy atom. The molecule has 0 aromatic heterocycles. The SMILES string of the molecule is CCNC(=NCCN1CCN(C(=O)C2CCC2)CC1)N1CCC(CN(CC)CC)C1.I. The molecule has 3 rings (SSSR count). The fraction of sp³-hybridized carbons (Fsp3) is 0.913. The lowest BCUT2D eigenvalue weighted by Crippen LogP contribution is -2.51. The van der Waals surface area contributed by atoms with Crippen LogP contribution in [0.15, 0.2) is 4.99 Å². The Hall–Kier alpha value is -0.610. The maximum absolute atomic E-state index is 12.4. The number of amides is 1. The fourth-order valence-corrected chi connectivity index (χ4v) is 4.85. The molecule has 1 N–H and O–H groups in total. The molecule has 8 heteroatoms. The van der Waals surface area contributed by atoms with Gasteiger partial charge < -0.3 is 20.0 Å². The molecule has 0 bridgehead atoms. The number of carbonyl (C=O) groups is 1. The Kier molecular flexibility index (Phi) is 11.9. The highest BCUT2D eigenvalue weighted by atomic mass is 127. The van der Waals surface area contributed by atoms with E-state index in [9.17, 15) is 4.79 Å². The van der Waals surface area contributed by atoms with E-state index in [-0.39, 0.29) is 24.0 Å². The van der Waals surface area contributed by atoms with Gasteiger partial charge in [0.15, 0.2) is 5.96 Å². The molecule has 0 spiro atoms. The number of likely N-dealkylation sites (tertiary alicyclic amines) is 1. The first-order valence-electron chi connectivity index (χ1n) is 12.4. The fourth-order valence-electron chi connectivity index (χ4n) is 4.85. The van der Waals surface area contributed by atoms with Gasteiger partial charge in [-0.3, -0.25) is 14.7 Å². The van der Waals surface area contributed by atoms with Crippen molar-refractivity contribution in [3.8, 4) is 0 Å². The second kappa shape index (κ2) is 13.8. The van der Waals surface area contributed by atoms with Crippen molar-refractivity contribution >= 4 is 35.8 Å². The Bertz CT molecular complexity index is 558. The van der Waals surface area contributed by atoms with Gasteiger partial charge >= 0.3 is 0 Å². The highest BCUT2D eigenvalue weighted by Gasteiger charge is 2.31. The number of guanidine groups is 1. The van der Waals surface area contributed by atoms with E-state index in [0.717, 1.165) is 96.7 Å². The van der Waals surface area contributed by atoms with E-state index in [4.69, 9.17) is 4.99 Å². The number of carbonyl (C=O) groups excluding carboxylic acids is 1. The van der Waals surface area contributed by atoms with E-state index in [2.05, 4.69) is 45.7 Å². The van der Waals surface area contributed by atoms with Crippen molar-refractivity contribution in [2.24, 2.45) is 16.8 Å². The molecule has 2 saturated heterocycles. The molecule has 7 nitrogen and oxygen atoms in total. The molecule has 0 radical (unpaired) electrons. The van der Waals surface area contributed by atoms with Crippen LogP contribution in [0.1, 0.15) is 46.5 Å². The predicted octanol–water partition coefficient (Wildman–Crippen LogP) is 2.18. The van der Waals surface area contributed by atoms with Crippen LogP contribution in [-0.4, -0.2) is 110 Å². The van der Waals surface area contributed by atoms with Crippen molar-refractivity contribution in [1.29, 1.82) is 0 Å². The summed E-state index contributed by atoms with van der Waals surface area (Å²) in [6.45, 7) is 18.8. The van der Waals surface area contributed by atoms with Gasteiger partial charge in [0, 0.05) is 64.8 Å². The van der Waals surface area contributed by atoms with E-state index < -0.39 is 0 Å². The number of nitrogens with zero attached hydrogens (tertiary/aromatic N) is 5. The van der Waals surface area contributed by atoms with Gasteiger partial charge in [-0.1, -0.05) is 20.3 Å². The molecule has 2 heterocycles. The minimum absolute atomic E-state index is 0. The van der Waals surface area contributed by atoms with E-state index in [1.165, 1.54) is 19.4 Å². The molecule has 180 valence electrons. The first-order valence-corrected chi connectivity index (χ1v) is 12.4. The van der Waals surface area contributed by atoms with E-state index in [0.29, 0.717) is 11.8 Å². The van der Waals surface area contributed by atoms with Crippen molar-refractivity contribution < 1.29 is 4.79 Å². The van der Waals surface area contributed by atoms with Crippen LogP contribution < -0.4 is 5.32 Å². The number of aliphatic imine (C=N–C) groups is 1. The van der Waals surface area contributed by atoms with Crippen LogP contribution in [0, 0.1) is 11.8 Å². The number of nitrogens with one attached hydrogen (secondary N) is 1. The monoisotopic (exact) mass is 548 g/mol. The molecule has 1 unspecified atom stereocenters. The zero-order valence-electron chi connectivity index (χ0n) is 20.0. The van der Waals surface area contributed by atoms with Crippen LogP contribution in [0.4, 0.5) is 0 Å². The zero-order valence-corrected chi connectivity index (χ0v) is 22.4. The molecule has 31 heavy (non-hydrogen) atoms. The lowest BCUT2D eigenvalue weighted by molar-refractivity contribution is -0.139. The minimum Gasteiger partial charge on any atom is -0.357 e. The highest BCUT2D eigenvalue weighted by molar-refractivity contribution is 14.0. The van der Waals surface area contributed by atoms with Crippen molar-refractivity contribution in [2.75, 3.05) is 78.5 Å². The molecule has 1 atom stereocenters. The quantitative estimate of drug-likeness (QED) is 0.272. The number of rotatable bonds is 9. The van der Waals surface area contributed by atoms with Crippen LogP contribution in [0.3, 0.4) is 0 Å².